The SMILES string of the molecule is CCN(CC)C(=N)NC(c1ccccc1)c1ccccc1. The van der Waals surface area contributed by atoms with E-state index in [2.05, 4.69) is 43.4 Å². The summed E-state index contributed by atoms with van der Waals surface area (Å²) in [4.78, 5) is 2.01. The molecule has 0 aliphatic carbocycles. The largest absolute Gasteiger partial charge is 0.345 e. The summed E-state index contributed by atoms with van der Waals surface area (Å²) in [5.74, 6) is 0.470. The van der Waals surface area contributed by atoms with Gasteiger partial charge in [0.15, 0.2) is 5.96 Å². The standard InChI is InChI=1S/C18H23N3/c1-3-21(4-2)18(19)20-17(15-11-7-5-8-12-15)16-13-9-6-10-14-16/h5-14,17H,3-4H2,1-2H3,(H2,19,20). The van der Waals surface area contributed by atoms with E-state index in [1.807, 2.05) is 41.3 Å². The summed E-state index contributed by atoms with van der Waals surface area (Å²) in [6.07, 6.45) is 0. The quantitative estimate of drug-likeness (QED) is 0.648. The predicted octanol–water partition coefficient (Wildman–Crippen LogP) is 3.64. The highest BCUT2D eigenvalue weighted by Crippen LogP contribution is 2.21. The minimum atomic E-state index is 0.000463. The third-order valence-corrected chi connectivity index (χ3v) is 3.63. The van der Waals surface area contributed by atoms with Crippen molar-refractivity contribution < 1.29 is 0 Å². The number of nitrogens with zero attached hydrogens (tertiary/aromatic N) is 1. The first kappa shape index (κ1) is 15.1. The van der Waals surface area contributed by atoms with Gasteiger partial charge in [0, 0.05) is 13.1 Å². The summed E-state index contributed by atoms with van der Waals surface area (Å²) in [6, 6.07) is 20.6. The van der Waals surface area contributed by atoms with Crippen LogP contribution in [0.2, 0.25) is 0 Å². The molecule has 0 saturated heterocycles. The molecule has 2 rings (SSSR count). The van der Waals surface area contributed by atoms with Crippen LogP contribution < -0.4 is 5.32 Å². The summed E-state index contributed by atoms with van der Waals surface area (Å²) in [5.41, 5.74) is 2.33. The molecule has 3 heteroatoms. The van der Waals surface area contributed by atoms with Crippen LogP contribution in [0.5, 0.6) is 0 Å². The molecular formula is C18H23N3. The lowest BCUT2D eigenvalue weighted by molar-refractivity contribution is 0.437. The highest BCUT2D eigenvalue weighted by Gasteiger charge is 2.16. The Balaban J connectivity index is 2.27. The van der Waals surface area contributed by atoms with Crippen LogP contribution in [0.1, 0.15) is 31.0 Å². The molecule has 110 valence electrons. The topological polar surface area (TPSA) is 39.1 Å². The minimum absolute atomic E-state index is 0.000463. The Bertz CT molecular complexity index is 508. The molecule has 2 N–H and O–H groups in total. The van der Waals surface area contributed by atoms with E-state index in [4.69, 9.17) is 5.41 Å². The van der Waals surface area contributed by atoms with Crippen molar-refractivity contribution in [3.8, 4) is 0 Å². The zero-order valence-electron chi connectivity index (χ0n) is 12.7. The van der Waals surface area contributed by atoms with Crippen molar-refractivity contribution in [2.45, 2.75) is 19.9 Å². The average Bonchev–Trinajstić information content (AvgIpc) is 2.55. The molecule has 0 aromatic heterocycles. The lowest BCUT2D eigenvalue weighted by Crippen LogP contribution is -2.42. The molecular weight excluding hydrogens is 258 g/mol. The van der Waals surface area contributed by atoms with E-state index in [-0.39, 0.29) is 6.04 Å². The van der Waals surface area contributed by atoms with Crippen LogP contribution in [0.4, 0.5) is 0 Å². The van der Waals surface area contributed by atoms with Gasteiger partial charge in [-0.1, -0.05) is 60.7 Å². The molecule has 21 heavy (non-hydrogen) atoms. The summed E-state index contributed by atoms with van der Waals surface area (Å²) in [5, 5.41) is 11.7. The Kier molecular flexibility index (Phi) is 5.38. The van der Waals surface area contributed by atoms with Crippen LogP contribution in [-0.2, 0) is 0 Å². The molecule has 0 aliphatic rings. The molecule has 0 atom stereocenters. The number of hydrogen-bond donors (Lipinski definition) is 2. The van der Waals surface area contributed by atoms with Gasteiger partial charge < -0.3 is 10.2 Å². The Morgan fingerprint density at radius 3 is 1.71 bits per heavy atom. The summed E-state index contributed by atoms with van der Waals surface area (Å²) >= 11 is 0. The summed E-state index contributed by atoms with van der Waals surface area (Å²) in [6.45, 7) is 5.80. The molecule has 0 saturated carbocycles. The van der Waals surface area contributed by atoms with Crippen molar-refractivity contribution in [3.63, 3.8) is 0 Å². The van der Waals surface area contributed by atoms with Crippen LogP contribution in [0.3, 0.4) is 0 Å². The Morgan fingerprint density at radius 2 is 1.33 bits per heavy atom. The lowest BCUT2D eigenvalue weighted by Gasteiger charge is -2.27. The monoisotopic (exact) mass is 281 g/mol. The maximum Gasteiger partial charge on any atom is 0.191 e. The molecule has 0 unspecified atom stereocenters. The van der Waals surface area contributed by atoms with E-state index in [0.717, 1.165) is 13.1 Å². The number of rotatable bonds is 5. The molecule has 0 amide bonds. The Hall–Kier alpha value is -2.29. The van der Waals surface area contributed by atoms with Gasteiger partial charge in [-0.15, -0.1) is 0 Å². The zero-order chi connectivity index (χ0) is 15.1. The van der Waals surface area contributed by atoms with Crippen molar-refractivity contribution in [1.82, 2.24) is 10.2 Å². The second-order valence-electron chi connectivity index (χ2n) is 4.92. The van der Waals surface area contributed by atoms with Crippen molar-refractivity contribution in [1.29, 1.82) is 5.41 Å². The van der Waals surface area contributed by atoms with Crippen molar-refractivity contribution in [3.05, 3.63) is 71.8 Å². The molecule has 2 aromatic carbocycles. The maximum absolute atomic E-state index is 8.29. The number of guanidine groups is 1. The maximum atomic E-state index is 8.29. The molecule has 3 nitrogen and oxygen atoms in total. The normalized spacial score (nSPS) is 10.4. The van der Waals surface area contributed by atoms with Gasteiger partial charge in [-0.25, -0.2) is 0 Å². The molecule has 0 fully saturated rings. The van der Waals surface area contributed by atoms with Crippen LogP contribution in [0, 0.1) is 5.41 Å². The van der Waals surface area contributed by atoms with Gasteiger partial charge in [0.2, 0.25) is 0 Å². The van der Waals surface area contributed by atoms with Crippen LogP contribution in [0.25, 0.3) is 0 Å². The molecule has 0 heterocycles. The van der Waals surface area contributed by atoms with Crippen LogP contribution >= 0.6 is 0 Å². The van der Waals surface area contributed by atoms with E-state index in [9.17, 15) is 0 Å². The fourth-order valence-electron chi connectivity index (χ4n) is 2.42. The third kappa shape index (κ3) is 3.85. The zero-order valence-corrected chi connectivity index (χ0v) is 12.7. The van der Waals surface area contributed by atoms with E-state index < -0.39 is 0 Å². The number of hydrogen-bond acceptors (Lipinski definition) is 1. The molecule has 0 aliphatic heterocycles. The molecule has 2 aromatic rings. The molecule has 0 bridgehead atoms. The minimum Gasteiger partial charge on any atom is -0.345 e. The van der Waals surface area contributed by atoms with Gasteiger partial charge in [-0.05, 0) is 25.0 Å². The molecule has 0 spiro atoms. The molecule has 0 radical (unpaired) electrons. The first-order valence-electron chi connectivity index (χ1n) is 7.46. The highest BCUT2D eigenvalue weighted by atomic mass is 15.3. The van der Waals surface area contributed by atoms with Gasteiger partial charge >= 0.3 is 0 Å². The Labute approximate surface area is 127 Å². The van der Waals surface area contributed by atoms with Gasteiger partial charge in [-0.2, -0.15) is 0 Å². The number of nitrogens with one attached hydrogen (secondary N) is 2. The predicted molar refractivity (Wildman–Crippen MR) is 88.5 cm³/mol. The van der Waals surface area contributed by atoms with Crippen LogP contribution in [0.15, 0.2) is 60.7 Å². The van der Waals surface area contributed by atoms with Gasteiger partial charge in [0.1, 0.15) is 0 Å². The van der Waals surface area contributed by atoms with Crippen molar-refractivity contribution in [2.24, 2.45) is 0 Å². The number of benzene rings is 2. The van der Waals surface area contributed by atoms with E-state index >= 15 is 0 Å². The third-order valence-electron chi connectivity index (χ3n) is 3.63. The van der Waals surface area contributed by atoms with E-state index in [1.165, 1.54) is 11.1 Å². The van der Waals surface area contributed by atoms with E-state index in [0.29, 0.717) is 5.96 Å². The van der Waals surface area contributed by atoms with Crippen molar-refractivity contribution in [2.75, 3.05) is 13.1 Å². The fraction of sp³-hybridized carbons (Fsp3) is 0.278. The Morgan fingerprint density at radius 1 is 0.905 bits per heavy atom. The summed E-state index contributed by atoms with van der Waals surface area (Å²) < 4.78 is 0. The second-order valence-corrected chi connectivity index (χ2v) is 4.92. The smallest absolute Gasteiger partial charge is 0.191 e. The first-order valence-corrected chi connectivity index (χ1v) is 7.46. The van der Waals surface area contributed by atoms with Crippen LogP contribution in [-0.4, -0.2) is 23.9 Å². The highest BCUT2D eigenvalue weighted by molar-refractivity contribution is 5.77. The first-order chi connectivity index (χ1) is 10.3. The van der Waals surface area contributed by atoms with E-state index in [1.54, 1.807) is 0 Å². The van der Waals surface area contributed by atoms with Gasteiger partial charge in [-0.3, -0.25) is 5.41 Å². The lowest BCUT2D eigenvalue weighted by atomic mass is 9.99. The van der Waals surface area contributed by atoms with Gasteiger partial charge in [0.25, 0.3) is 0 Å². The summed E-state index contributed by atoms with van der Waals surface area (Å²) in [7, 11) is 0. The van der Waals surface area contributed by atoms with Crippen molar-refractivity contribution >= 4 is 5.96 Å². The second kappa shape index (κ2) is 7.48. The fourth-order valence-corrected chi connectivity index (χ4v) is 2.42. The average molecular weight is 281 g/mol. The van der Waals surface area contributed by atoms with Gasteiger partial charge in [0.05, 0.1) is 6.04 Å².